The third kappa shape index (κ3) is 4.04. The van der Waals surface area contributed by atoms with Crippen LogP contribution in [0.15, 0.2) is 53.5 Å². The number of halogens is 1. The van der Waals surface area contributed by atoms with Crippen molar-refractivity contribution in [3.05, 3.63) is 64.9 Å². The number of allylic oxidation sites excluding steroid dienone is 1. The molecule has 1 atom stereocenters. The van der Waals surface area contributed by atoms with Crippen LogP contribution >= 0.6 is 15.9 Å². The lowest BCUT2D eigenvalue weighted by Gasteiger charge is -2.17. The number of rotatable bonds is 7. The minimum absolute atomic E-state index is 0.218. The van der Waals surface area contributed by atoms with Crippen LogP contribution in [0.5, 0.6) is 11.5 Å². The van der Waals surface area contributed by atoms with Crippen molar-refractivity contribution in [3.63, 3.8) is 0 Å². The van der Waals surface area contributed by atoms with Gasteiger partial charge in [-0.25, -0.2) is 4.98 Å². The number of ether oxygens (including phenoxy) is 2. The van der Waals surface area contributed by atoms with E-state index in [9.17, 15) is 4.79 Å². The molecule has 1 unspecified atom stereocenters. The fourth-order valence-electron chi connectivity index (χ4n) is 3.08. The number of para-hydroxylation sites is 2. The summed E-state index contributed by atoms with van der Waals surface area (Å²) in [7, 11) is 3.10. The van der Waals surface area contributed by atoms with Gasteiger partial charge in [0.05, 0.1) is 37.8 Å². The van der Waals surface area contributed by atoms with Crippen LogP contribution in [0.3, 0.4) is 0 Å². The van der Waals surface area contributed by atoms with E-state index in [1.54, 1.807) is 25.3 Å². The molecule has 1 aromatic heterocycles. The molecule has 0 aliphatic rings. The summed E-state index contributed by atoms with van der Waals surface area (Å²) in [5.74, 6) is 1.62. The Morgan fingerprint density at radius 2 is 1.93 bits per heavy atom. The van der Waals surface area contributed by atoms with Gasteiger partial charge in [-0.3, -0.25) is 4.79 Å². The van der Waals surface area contributed by atoms with Gasteiger partial charge in [0.25, 0.3) is 5.91 Å². The second-order valence-corrected chi connectivity index (χ2v) is 7.45. The van der Waals surface area contributed by atoms with Crippen LogP contribution in [0, 0.1) is 0 Å². The lowest BCUT2D eigenvalue weighted by Crippen LogP contribution is -2.28. The topological polar surface area (TPSA) is 65.4 Å². The molecule has 1 heterocycles. The average molecular weight is 444 g/mol. The molecule has 3 aromatic rings. The maximum Gasteiger partial charge on any atom is 0.251 e. The van der Waals surface area contributed by atoms with E-state index in [1.807, 2.05) is 35.8 Å². The Morgan fingerprint density at radius 1 is 1.21 bits per heavy atom. The van der Waals surface area contributed by atoms with E-state index in [1.165, 1.54) is 7.11 Å². The maximum atomic E-state index is 12.8. The highest BCUT2D eigenvalue weighted by atomic mass is 79.9. The molecular weight excluding hydrogens is 422 g/mol. The SMILES string of the molecule is C=C(Br)Cn1c(C(C)NC(=O)c2ccc(OC)c(OC)c2)nc2ccccc21. The summed E-state index contributed by atoms with van der Waals surface area (Å²) < 4.78 is 13.4. The summed E-state index contributed by atoms with van der Waals surface area (Å²) >= 11 is 3.43. The number of imidazole rings is 1. The first-order chi connectivity index (χ1) is 13.4. The third-order valence-corrected chi connectivity index (χ3v) is 4.65. The van der Waals surface area contributed by atoms with Crippen molar-refractivity contribution in [1.82, 2.24) is 14.9 Å². The number of hydrogen-bond donors (Lipinski definition) is 1. The first-order valence-corrected chi connectivity index (χ1v) is 9.55. The van der Waals surface area contributed by atoms with Gasteiger partial charge in [-0.05, 0) is 37.3 Å². The Balaban J connectivity index is 1.89. The average Bonchev–Trinajstić information content (AvgIpc) is 3.05. The van der Waals surface area contributed by atoms with Crippen molar-refractivity contribution in [2.45, 2.75) is 19.5 Å². The molecule has 7 heteroatoms. The largest absolute Gasteiger partial charge is 0.493 e. The molecule has 6 nitrogen and oxygen atoms in total. The van der Waals surface area contributed by atoms with Crippen LogP contribution in [0.2, 0.25) is 0 Å². The Morgan fingerprint density at radius 3 is 2.61 bits per heavy atom. The predicted molar refractivity (Wildman–Crippen MR) is 113 cm³/mol. The zero-order valence-corrected chi connectivity index (χ0v) is 17.6. The summed E-state index contributed by atoms with van der Waals surface area (Å²) in [5, 5.41) is 3.01. The quantitative estimate of drug-likeness (QED) is 0.585. The van der Waals surface area contributed by atoms with E-state index in [2.05, 4.69) is 27.8 Å². The number of carbonyl (C=O) groups is 1. The fourth-order valence-corrected chi connectivity index (χ4v) is 3.34. The van der Waals surface area contributed by atoms with Crippen molar-refractivity contribution < 1.29 is 14.3 Å². The molecule has 2 aromatic carbocycles. The number of methoxy groups -OCH3 is 2. The summed E-state index contributed by atoms with van der Waals surface area (Å²) in [4.78, 5) is 17.5. The van der Waals surface area contributed by atoms with E-state index in [0.717, 1.165) is 21.3 Å². The number of carbonyl (C=O) groups excluding carboxylic acids is 1. The van der Waals surface area contributed by atoms with Crippen molar-refractivity contribution >= 4 is 32.9 Å². The lowest BCUT2D eigenvalue weighted by molar-refractivity contribution is 0.0937. The van der Waals surface area contributed by atoms with Gasteiger partial charge in [0, 0.05) is 10.0 Å². The van der Waals surface area contributed by atoms with Crippen LogP contribution in [0.4, 0.5) is 0 Å². The Hall–Kier alpha value is -2.80. The molecule has 0 radical (unpaired) electrons. The number of nitrogens with zero attached hydrogens (tertiary/aromatic N) is 2. The fraction of sp³-hybridized carbons (Fsp3) is 0.238. The second-order valence-electron chi connectivity index (χ2n) is 6.33. The van der Waals surface area contributed by atoms with Gasteiger partial charge < -0.3 is 19.4 Å². The Kier molecular flexibility index (Phi) is 6.04. The number of aromatic nitrogens is 2. The van der Waals surface area contributed by atoms with E-state index in [4.69, 9.17) is 14.5 Å². The smallest absolute Gasteiger partial charge is 0.251 e. The van der Waals surface area contributed by atoms with Crippen LogP contribution in [-0.4, -0.2) is 29.7 Å². The molecule has 0 aliphatic carbocycles. The van der Waals surface area contributed by atoms with Crippen molar-refractivity contribution in [2.24, 2.45) is 0 Å². The molecule has 1 amide bonds. The third-order valence-electron chi connectivity index (χ3n) is 4.39. The molecule has 28 heavy (non-hydrogen) atoms. The minimum Gasteiger partial charge on any atom is -0.493 e. The minimum atomic E-state index is -0.306. The highest BCUT2D eigenvalue weighted by Crippen LogP contribution is 2.28. The molecule has 146 valence electrons. The van der Waals surface area contributed by atoms with Gasteiger partial charge in [0.2, 0.25) is 0 Å². The Bertz CT molecular complexity index is 1030. The van der Waals surface area contributed by atoms with Crippen molar-refractivity contribution in [1.29, 1.82) is 0 Å². The molecule has 1 N–H and O–H groups in total. The van der Waals surface area contributed by atoms with E-state index in [-0.39, 0.29) is 11.9 Å². The summed E-state index contributed by atoms with van der Waals surface area (Å²) in [6, 6.07) is 12.6. The summed E-state index contributed by atoms with van der Waals surface area (Å²) in [6.45, 7) is 6.41. The van der Waals surface area contributed by atoms with E-state index in [0.29, 0.717) is 23.6 Å². The van der Waals surface area contributed by atoms with Gasteiger partial charge in [-0.1, -0.05) is 34.6 Å². The monoisotopic (exact) mass is 443 g/mol. The number of benzene rings is 2. The van der Waals surface area contributed by atoms with Gasteiger partial charge in [-0.15, -0.1) is 0 Å². The van der Waals surface area contributed by atoms with Crippen LogP contribution in [0.1, 0.15) is 29.1 Å². The standard InChI is InChI=1S/C21H22BrN3O3/c1-13(22)12-25-17-8-6-5-7-16(17)24-20(25)14(2)23-21(26)15-9-10-18(27-3)19(11-15)28-4/h5-11,14H,1,12H2,2-4H3,(H,23,26). The van der Waals surface area contributed by atoms with Gasteiger partial charge >= 0.3 is 0 Å². The molecule has 3 rings (SSSR count). The van der Waals surface area contributed by atoms with Gasteiger partial charge in [-0.2, -0.15) is 0 Å². The molecule has 0 aliphatic heterocycles. The zero-order valence-electron chi connectivity index (χ0n) is 16.0. The molecule has 0 bridgehead atoms. The maximum absolute atomic E-state index is 12.8. The number of hydrogen-bond acceptors (Lipinski definition) is 4. The van der Waals surface area contributed by atoms with Crippen molar-refractivity contribution in [2.75, 3.05) is 14.2 Å². The van der Waals surface area contributed by atoms with Crippen LogP contribution in [0.25, 0.3) is 11.0 Å². The highest BCUT2D eigenvalue weighted by molar-refractivity contribution is 9.11. The van der Waals surface area contributed by atoms with Gasteiger partial charge in [0.1, 0.15) is 5.82 Å². The highest BCUT2D eigenvalue weighted by Gasteiger charge is 2.20. The second kappa shape index (κ2) is 8.48. The molecule has 0 spiro atoms. The number of nitrogens with one attached hydrogen (secondary N) is 1. The predicted octanol–water partition coefficient (Wildman–Crippen LogP) is 4.45. The number of fused-ring (bicyclic) bond motifs is 1. The molecular formula is C21H22BrN3O3. The summed E-state index contributed by atoms with van der Waals surface area (Å²) in [5.41, 5.74) is 2.35. The van der Waals surface area contributed by atoms with Crippen LogP contribution < -0.4 is 14.8 Å². The first-order valence-electron chi connectivity index (χ1n) is 8.76. The van der Waals surface area contributed by atoms with E-state index >= 15 is 0 Å². The first kappa shape index (κ1) is 19.9. The van der Waals surface area contributed by atoms with Gasteiger partial charge in [0.15, 0.2) is 11.5 Å². The normalized spacial score (nSPS) is 11.9. The molecule has 0 saturated carbocycles. The Labute approximate surface area is 172 Å². The summed E-state index contributed by atoms with van der Waals surface area (Å²) in [6.07, 6.45) is 0. The number of amides is 1. The van der Waals surface area contributed by atoms with Crippen LogP contribution in [-0.2, 0) is 6.54 Å². The zero-order chi connectivity index (χ0) is 20.3. The molecule has 0 fully saturated rings. The molecule has 0 saturated heterocycles. The van der Waals surface area contributed by atoms with Crippen molar-refractivity contribution in [3.8, 4) is 11.5 Å². The lowest BCUT2D eigenvalue weighted by atomic mass is 10.1. The van der Waals surface area contributed by atoms with E-state index < -0.39 is 0 Å².